The van der Waals surface area contributed by atoms with Gasteiger partial charge in [-0.15, -0.1) is 0 Å². The molecule has 0 bridgehead atoms. The molecule has 0 saturated carbocycles. The first kappa shape index (κ1) is 8.63. The normalized spacial score (nSPS) is 9.71. The fraction of sp³-hybridized carbons (Fsp3) is 0. The van der Waals surface area contributed by atoms with E-state index < -0.39 is 0 Å². The molecule has 0 spiro atoms. The number of hydrogen-bond donors (Lipinski definition) is 0. The van der Waals surface area contributed by atoms with Crippen LogP contribution >= 0.6 is 0 Å². The summed E-state index contributed by atoms with van der Waals surface area (Å²) >= 11 is 0. The fourth-order valence-corrected chi connectivity index (χ4v) is 1.17. The third kappa shape index (κ3) is 1.85. The third-order valence-corrected chi connectivity index (χ3v) is 1.86. The second-order valence-electron chi connectivity index (χ2n) is 2.91. The Labute approximate surface area is 82.9 Å². The summed E-state index contributed by atoms with van der Waals surface area (Å²) < 4.78 is 5.52. The van der Waals surface area contributed by atoms with Crippen molar-refractivity contribution in [3.8, 4) is 11.5 Å². The van der Waals surface area contributed by atoms with Crippen LogP contribution in [0.3, 0.4) is 0 Å². The molecule has 0 heterocycles. The van der Waals surface area contributed by atoms with E-state index >= 15 is 0 Å². The second kappa shape index (κ2) is 3.83. The molecule has 69 valence electrons. The standard InChI is InChI=1S/C12H10NO/c13-11-8-4-5-9-12(11)14-10-6-2-1-3-7-10/h1-9,13H. The fourth-order valence-electron chi connectivity index (χ4n) is 1.17. The third-order valence-electron chi connectivity index (χ3n) is 1.86. The second-order valence-corrected chi connectivity index (χ2v) is 2.91. The molecule has 2 aromatic carbocycles. The van der Waals surface area contributed by atoms with E-state index in [4.69, 9.17) is 10.5 Å². The molecule has 2 rings (SSSR count). The largest absolute Gasteiger partial charge is 0.455 e. The Morgan fingerprint density at radius 1 is 0.786 bits per heavy atom. The SMILES string of the molecule is [NH]c1ccccc1Oc1ccccc1. The minimum absolute atomic E-state index is 0.399. The number of nitrogens with one attached hydrogen (secondary N) is 1. The van der Waals surface area contributed by atoms with E-state index in [2.05, 4.69) is 0 Å². The van der Waals surface area contributed by atoms with Crippen LogP contribution in [-0.2, 0) is 0 Å². The maximum absolute atomic E-state index is 7.60. The van der Waals surface area contributed by atoms with Gasteiger partial charge in [0.1, 0.15) is 5.75 Å². The molecule has 2 aromatic rings. The van der Waals surface area contributed by atoms with E-state index in [1.54, 1.807) is 12.1 Å². The molecule has 0 fully saturated rings. The van der Waals surface area contributed by atoms with Crippen molar-refractivity contribution < 1.29 is 4.74 Å². The lowest BCUT2D eigenvalue weighted by Crippen LogP contribution is -1.84. The van der Waals surface area contributed by atoms with Gasteiger partial charge in [-0.25, -0.2) is 0 Å². The minimum atomic E-state index is 0.399. The zero-order valence-electron chi connectivity index (χ0n) is 7.60. The van der Waals surface area contributed by atoms with Crippen LogP contribution in [0.2, 0.25) is 0 Å². The van der Waals surface area contributed by atoms with Crippen LogP contribution < -0.4 is 10.5 Å². The number of hydrogen-bond acceptors (Lipinski definition) is 1. The van der Waals surface area contributed by atoms with Crippen molar-refractivity contribution >= 4 is 5.69 Å². The molecular formula is C12H10NO. The lowest BCUT2D eigenvalue weighted by Gasteiger charge is -2.06. The van der Waals surface area contributed by atoms with E-state index in [1.807, 2.05) is 42.5 Å². The smallest absolute Gasteiger partial charge is 0.152 e. The molecule has 0 aromatic heterocycles. The van der Waals surface area contributed by atoms with Crippen molar-refractivity contribution in [2.24, 2.45) is 0 Å². The van der Waals surface area contributed by atoms with Gasteiger partial charge in [0.15, 0.2) is 5.75 Å². The number of rotatable bonds is 2. The van der Waals surface area contributed by atoms with Crippen LogP contribution in [-0.4, -0.2) is 0 Å². The van der Waals surface area contributed by atoms with Gasteiger partial charge in [-0.1, -0.05) is 30.3 Å². The van der Waals surface area contributed by atoms with Gasteiger partial charge in [0.25, 0.3) is 0 Å². The molecule has 0 saturated heterocycles. The molecule has 0 unspecified atom stereocenters. The Kier molecular flexibility index (Phi) is 2.36. The Morgan fingerprint density at radius 2 is 1.43 bits per heavy atom. The van der Waals surface area contributed by atoms with Gasteiger partial charge in [0.2, 0.25) is 0 Å². The molecule has 0 aliphatic carbocycles. The van der Waals surface area contributed by atoms with Gasteiger partial charge in [0.05, 0.1) is 5.69 Å². The van der Waals surface area contributed by atoms with Crippen molar-refractivity contribution in [2.45, 2.75) is 0 Å². The van der Waals surface area contributed by atoms with Crippen LogP contribution in [0.1, 0.15) is 0 Å². The van der Waals surface area contributed by atoms with Crippen LogP contribution in [0.5, 0.6) is 11.5 Å². The highest BCUT2D eigenvalue weighted by atomic mass is 16.5. The predicted molar refractivity (Wildman–Crippen MR) is 55.7 cm³/mol. The Bertz CT molecular complexity index is 412. The number of benzene rings is 2. The van der Waals surface area contributed by atoms with Crippen molar-refractivity contribution in [1.82, 2.24) is 5.73 Å². The zero-order chi connectivity index (χ0) is 9.80. The van der Waals surface area contributed by atoms with Gasteiger partial charge in [-0.3, -0.25) is 5.73 Å². The monoisotopic (exact) mass is 184 g/mol. The maximum Gasteiger partial charge on any atom is 0.152 e. The highest BCUT2D eigenvalue weighted by Crippen LogP contribution is 2.27. The first-order chi connectivity index (χ1) is 6.86. The summed E-state index contributed by atoms with van der Waals surface area (Å²) in [5.41, 5.74) is 7.99. The summed E-state index contributed by atoms with van der Waals surface area (Å²) in [6.07, 6.45) is 0. The topological polar surface area (TPSA) is 33.0 Å². The van der Waals surface area contributed by atoms with Gasteiger partial charge < -0.3 is 4.74 Å². The van der Waals surface area contributed by atoms with E-state index in [0.717, 1.165) is 5.75 Å². The van der Waals surface area contributed by atoms with E-state index in [0.29, 0.717) is 11.4 Å². The van der Waals surface area contributed by atoms with E-state index in [9.17, 15) is 0 Å². The van der Waals surface area contributed by atoms with Gasteiger partial charge in [-0.05, 0) is 24.3 Å². The lowest BCUT2D eigenvalue weighted by molar-refractivity contribution is 0.483. The Morgan fingerprint density at radius 3 is 2.14 bits per heavy atom. The molecule has 1 radical (unpaired) electrons. The van der Waals surface area contributed by atoms with Gasteiger partial charge in [-0.2, -0.15) is 0 Å². The van der Waals surface area contributed by atoms with Crippen molar-refractivity contribution in [2.75, 3.05) is 0 Å². The van der Waals surface area contributed by atoms with E-state index in [1.165, 1.54) is 0 Å². The van der Waals surface area contributed by atoms with Crippen molar-refractivity contribution in [3.05, 3.63) is 54.6 Å². The molecule has 1 N–H and O–H groups in total. The summed E-state index contributed by atoms with van der Waals surface area (Å²) in [6, 6.07) is 16.6. The maximum atomic E-state index is 7.60. The minimum Gasteiger partial charge on any atom is -0.455 e. The highest BCUT2D eigenvalue weighted by molar-refractivity contribution is 5.50. The molecule has 0 aliphatic heterocycles. The lowest BCUT2D eigenvalue weighted by atomic mass is 10.3. The summed E-state index contributed by atoms with van der Waals surface area (Å²) in [6.45, 7) is 0. The summed E-state index contributed by atoms with van der Waals surface area (Å²) in [5.74, 6) is 1.34. The summed E-state index contributed by atoms with van der Waals surface area (Å²) in [7, 11) is 0. The number of para-hydroxylation sites is 2. The summed E-state index contributed by atoms with van der Waals surface area (Å²) in [4.78, 5) is 0. The summed E-state index contributed by atoms with van der Waals surface area (Å²) in [5, 5.41) is 0. The molecule has 0 atom stereocenters. The van der Waals surface area contributed by atoms with Gasteiger partial charge in [0, 0.05) is 0 Å². The molecule has 0 amide bonds. The first-order valence-electron chi connectivity index (χ1n) is 4.40. The van der Waals surface area contributed by atoms with E-state index in [-0.39, 0.29) is 0 Å². The zero-order valence-corrected chi connectivity index (χ0v) is 7.60. The molecule has 2 nitrogen and oxygen atoms in total. The average Bonchev–Trinajstić information content (AvgIpc) is 2.23. The molecule has 2 heteroatoms. The highest BCUT2D eigenvalue weighted by Gasteiger charge is 1.99. The van der Waals surface area contributed by atoms with Gasteiger partial charge >= 0.3 is 0 Å². The average molecular weight is 184 g/mol. The molecular weight excluding hydrogens is 174 g/mol. The first-order valence-corrected chi connectivity index (χ1v) is 4.40. The molecule has 0 aliphatic rings. The van der Waals surface area contributed by atoms with Crippen LogP contribution in [0.4, 0.5) is 5.69 Å². The van der Waals surface area contributed by atoms with Crippen LogP contribution in [0, 0.1) is 0 Å². The Balaban J connectivity index is 2.24. The van der Waals surface area contributed by atoms with Crippen molar-refractivity contribution in [3.63, 3.8) is 0 Å². The number of ether oxygens (including phenoxy) is 1. The quantitative estimate of drug-likeness (QED) is 0.704. The van der Waals surface area contributed by atoms with Crippen LogP contribution in [0.15, 0.2) is 54.6 Å². The predicted octanol–water partition coefficient (Wildman–Crippen LogP) is 3.39. The van der Waals surface area contributed by atoms with Crippen LogP contribution in [0.25, 0.3) is 0 Å². The van der Waals surface area contributed by atoms with Crippen molar-refractivity contribution in [1.29, 1.82) is 0 Å². The Hall–Kier alpha value is -1.96. The molecule has 14 heavy (non-hydrogen) atoms.